The molecule has 0 atom stereocenters. The molecule has 0 aliphatic rings. The number of ether oxygens (including phenoxy) is 1. The Morgan fingerprint density at radius 2 is 1.16 bits per heavy atom. The number of rotatable bonds is 10. The molecule has 6 aromatic rings. The van der Waals surface area contributed by atoms with E-state index < -0.39 is 17.2 Å². The number of carbonyl (C=O) groups is 2. The number of nitrogens with zero attached hydrogens (tertiary/aromatic N) is 4. The smallest absolute Gasteiger partial charge is 0.408 e. The van der Waals surface area contributed by atoms with Gasteiger partial charge in [-0.25, -0.2) is 9.48 Å². The average Bonchev–Trinajstić information content (AvgIpc) is 3.61. The van der Waals surface area contributed by atoms with Crippen LogP contribution in [0.3, 0.4) is 0 Å². The Balaban J connectivity index is 1.33. The van der Waals surface area contributed by atoms with Gasteiger partial charge in [0.25, 0.3) is 0 Å². The molecule has 9 heteroatoms. The molecule has 1 heterocycles. The highest BCUT2D eigenvalue weighted by molar-refractivity contribution is 5.83. The van der Waals surface area contributed by atoms with Crippen molar-refractivity contribution in [3.8, 4) is 22.5 Å². The highest BCUT2D eigenvalue weighted by Crippen LogP contribution is 2.43. The van der Waals surface area contributed by atoms with Crippen molar-refractivity contribution >= 4 is 12.0 Å². The first-order chi connectivity index (χ1) is 23.8. The molecule has 246 valence electrons. The standard InChI is InChI=1S/C40H38N6O3/c1-39(2,3)49-38(48)42-28-36(47)41-27-29-23-25-30(26-24-29)34-21-13-14-22-35(34)37-43-44-45-46(37)40(31-15-7-4-8-16-31,32-17-9-5-10-18-32)33-19-11-6-12-20-33/h4-26H,27-28H2,1-3H3,(H,41,47)(H,42,48). The first kappa shape index (κ1) is 32.8. The topological polar surface area (TPSA) is 111 Å². The van der Waals surface area contributed by atoms with Crippen LogP contribution in [-0.4, -0.2) is 44.4 Å². The quantitative estimate of drug-likeness (QED) is 0.155. The lowest BCUT2D eigenvalue weighted by atomic mass is 9.77. The summed E-state index contributed by atoms with van der Waals surface area (Å²) in [6.07, 6.45) is -0.634. The molecule has 0 saturated carbocycles. The summed E-state index contributed by atoms with van der Waals surface area (Å²) in [6, 6.07) is 47.0. The van der Waals surface area contributed by atoms with E-state index in [2.05, 4.69) is 63.4 Å². The van der Waals surface area contributed by atoms with E-state index in [0.29, 0.717) is 12.4 Å². The van der Waals surface area contributed by atoms with Gasteiger partial charge in [0.15, 0.2) is 5.82 Å². The monoisotopic (exact) mass is 650 g/mol. The van der Waals surface area contributed by atoms with Crippen LogP contribution in [0.2, 0.25) is 0 Å². The highest BCUT2D eigenvalue weighted by atomic mass is 16.6. The Bertz CT molecular complexity index is 1910. The van der Waals surface area contributed by atoms with Crippen LogP contribution in [0.1, 0.15) is 43.0 Å². The van der Waals surface area contributed by atoms with Crippen molar-refractivity contribution in [3.63, 3.8) is 0 Å². The van der Waals surface area contributed by atoms with Crippen molar-refractivity contribution in [1.29, 1.82) is 0 Å². The van der Waals surface area contributed by atoms with Crippen LogP contribution in [0.4, 0.5) is 4.79 Å². The molecule has 49 heavy (non-hydrogen) atoms. The van der Waals surface area contributed by atoms with Crippen LogP contribution in [0.5, 0.6) is 0 Å². The van der Waals surface area contributed by atoms with E-state index in [9.17, 15) is 9.59 Å². The molecule has 0 saturated heterocycles. The lowest BCUT2D eigenvalue weighted by Crippen LogP contribution is -2.39. The lowest BCUT2D eigenvalue weighted by Gasteiger charge is -2.36. The lowest BCUT2D eigenvalue weighted by molar-refractivity contribution is -0.120. The third-order valence-corrected chi connectivity index (χ3v) is 8.08. The van der Waals surface area contributed by atoms with Crippen LogP contribution in [0, 0.1) is 0 Å². The first-order valence-corrected chi connectivity index (χ1v) is 16.1. The van der Waals surface area contributed by atoms with E-state index in [0.717, 1.165) is 38.9 Å². The molecule has 2 amide bonds. The number of nitrogens with one attached hydrogen (secondary N) is 2. The summed E-state index contributed by atoms with van der Waals surface area (Å²) in [5.41, 5.74) is 5.25. The van der Waals surface area contributed by atoms with E-state index in [1.165, 1.54) is 0 Å². The fourth-order valence-electron chi connectivity index (χ4n) is 5.95. The van der Waals surface area contributed by atoms with E-state index in [4.69, 9.17) is 9.95 Å². The van der Waals surface area contributed by atoms with Gasteiger partial charge in [-0.05, 0) is 64.6 Å². The molecule has 5 aromatic carbocycles. The van der Waals surface area contributed by atoms with Crippen molar-refractivity contribution in [2.24, 2.45) is 0 Å². The zero-order valence-corrected chi connectivity index (χ0v) is 27.7. The van der Waals surface area contributed by atoms with Gasteiger partial charge in [0.2, 0.25) is 5.91 Å². The zero-order chi connectivity index (χ0) is 34.3. The molecule has 2 N–H and O–H groups in total. The van der Waals surface area contributed by atoms with Crippen LogP contribution < -0.4 is 10.6 Å². The molecule has 0 radical (unpaired) electrons. The Kier molecular flexibility index (Phi) is 9.62. The van der Waals surface area contributed by atoms with Gasteiger partial charge in [0.05, 0.1) is 0 Å². The van der Waals surface area contributed by atoms with Crippen LogP contribution in [0.15, 0.2) is 140 Å². The fraction of sp³-hybridized carbons (Fsp3) is 0.175. The van der Waals surface area contributed by atoms with E-state index in [-0.39, 0.29) is 12.5 Å². The third kappa shape index (κ3) is 7.26. The van der Waals surface area contributed by atoms with Gasteiger partial charge in [-0.1, -0.05) is 140 Å². The largest absolute Gasteiger partial charge is 0.444 e. The summed E-state index contributed by atoms with van der Waals surface area (Å²) < 4.78 is 7.12. The normalized spacial score (nSPS) is 11.5. The van der Waals surface area contributed by atoms with E-state index in [1.807, 2.05) is 102 Å². The number of tetrazole rings is 1. The van der Waals surface area contributed by atoms with Gasteiger partial charge in [0, 0.05) is 12.1 Å². The van der Waals surface area contributed by atoms with E-state index in [1.54, 1.807) is 20.8 Å². The number of alkyl carbamates (subject to hydrolysis) is 1. The summed E-state index contributed by atoms with van der Waals surface area (Å²) in [6.45, 7) is 5.44. The number of aromatic nitrogens is 4. The number of hydrogen-bond acceptors (Lipinski definition) is 6. The molecule has 0 spiro atoms. The summed E-state index contributed by atoms with van der Waals surface area (Å²) in [4.78, 5) is 24.3. The molecular weight excluding hydrogens is 612 g/mol. The van der Waals surface area contributed by atoms with Crippen molar-refractivity contribution in [3.05, 3.63) is 162 Å². The van der Waals surface area contributed by atoms with Crippen molar-refractivity contribution in [2.45, 2.75) is 38.5 Å². The minimum atomic E-state index is -0.879. The molecule has 0 aliphatic heterocycles. The molecule has 0 unspecified atom stereocenters. The van der Waals surface area contributed by atoms with Crippen LogP contribution >= 0.6 is 0 Å². The third-order valence-electron chi connectivity index (χ3n) is 8.08. The fourth-order valence-corrected chi connectivity index (χ4v) is 5.95. The molecule has 6 rings (SSSR count). The Hall–Kier alpha value is -6.09. The van der Waals surface area contributed by atoms with Crippen LogP contribution in [0.25, 0.3) is 22.5 Å². The van der Waals surface area contributed by atoms with Gasteiger partial charge in [0.1, 0.15) is 17.7 Å². The summed E-state index contributed by atoms with van der Waals surface area (Å²) in [5, 5.41) is 18.9. The van der Waals surface area contributed by atoms with Crippen molar-refractivity contribution in [1.82, 2.24) is 30.8 Å². The Morgan fingerprint density at radius 3 is 1.69 bits per heavy atom. The minimum absolute atomic E-state index is 0.175. The predicted molar refractivity (Wildman–Crippen MR) is 189 cm³/mol. The van der Waals surface area contributed by atoms with E-state index >= 15 is 0 Å². The Morgan fingerprint density at radius 1 is 0.653 bits per heavy atom. The van der Waals surface area contributed by atoms with Crippen molar-refractivity contribution in [2.75, 3.05) is 6.54 Å². The molecular formula is C40H38N6O3. The van der Waals surface area contributed by atoms with Gasteiger partial charge in [-0.3, -0.25) is 4.79 Å². The second kappa shape index (κ2) is 14.4. The van der Waals surface area contributed by atoms with Gasteiger partial charge < -0.3 is 15.4 Å². The number of hydrogen-bond donors (Lipinski definition) is 2. The first-order valence-electron chi connectivity index (χ1n) is 16.1. The molecule has 0 bridgehead atoms. The maximum absolute atomic E-state index is 12.4. The predicted octanol–water partition coefficient (Wildman–Crippen LogP) is 6.99. The number of carbonyl (C=O) groups excluding carboxylic acids is 2. The Labute approximate surface area is 286 Å². The maximum atomic E-state index is 12.4. The van der Waals surface area contributed by atoms with Gasteiger partial charge in [-0.15, -0.1) is 5.10 Å². The summed E-state index contributed by atoms with van der Waals surface area (Å²) in [5.74, 6) is 0.298. The maximum Gasteiger partial charge on any atom is 0.408 e. The molecule has 9 nitrogen and oxygen atoms in total. The summed E-state index contributed by atoms with van der Waals surface area (Å²) in [7, 11) is 0. The minimum Gasteiger partial charge on any atom is -0.444 e. The average molecular weight is 651 g/mol. The number of benzene rings is 5. The number of amides is 2. The second-order valence-electron chi connectivity index (χ2n) is 12.6. The molecule has 1 aromatic heterocycles. The van der Waals surface area contributed by atoms with Gasteiger partial charge in [-0.2, -0.15) is 0 Å². The van der Waals surface area contributed by atoms with Crippen molar-refractivity contribution < 1.29 is 14.3 Å². The van der Waals surface area contributed by atoms with Crippen LogP contribution in [-0.2, 0) is 21.6 Å². The van der Waals surface area contributed by atoms with Gasteiger partial charge >= 0.3 is 6.09 Å². The SMILES string of the molecule is CC(C)(C)OC(=O)NCC(=O)NCc1ccc(-c2ccccc2-c2nnnn2C(c2ccccc2)(c2ccccc2)c2ccccc2)cc1. The molecule has 0 fully saturated rings. The zero-order valence-electron chi connectivity index (χ0n) is 27.7. The second-order valence-corrected chi connectivity index (χ2v) is 12.6. The highest BCUT2D eigenvalue weighted by Gasteiger charge is 2.42. The molecule has 0 aliphatic carbocycles. The summed E-state index contributed by atoms with van der Waals surface area (Å²) >= 11 is 0.